The van der Waals surface area contributed by atoms with Crippen LogP contribution in [-0.2, 0) is 9.59 Å². The number of fused-ring (bicyclic) bond motifs is 3. The van der Waals surface area contributed by atoms with E-state index in [2.05, 4.69) is 24.5 Å². The summed E-state index contributed by atoms with van der Waals surface area (Å²) in [6, 6.07) is 0. The topological polar surface area (TPSA) is 58.2 Å². The van der Waals surface area contributed by atoms with Crippen LogP contribution in [-0.4, -0.2) is 24.9 Å². The molecule has 0 radical (unpaired) electrons. The van der Waals surface area contributed by atoms with Crippen molar-refractivity contribution in [2.45, 2.75) is 52.4 Å². The SMILES string of the molecule is CCCNC(=O)[C@H]1C2CCC(CC2)[C@@H]1C(=O)NCCC. The van der Waals surface area contributed by atoms with E-state index in [1.807, 2.05) is 0 Å². The Kier molecular flexibility index (Phi) is 5.44. The van der Waals surface area contributed by atoms with Gasteiger partial charge in [-0.15, -0.1) is 0 Å². The first-order chi connectivity index (χ1) is 9.69. The molecule has 0 aromatic rings. The lowest BCUT2D eigenvalue weighted by Gasteiger charge is -2.46. The number of carbonyl (C=O) groups excluding carboxylic acids is 2. The third-order valence-corrected chi connectivity index (χ3v) is 4.92. The zero-order chi connectivity index (χ0) is 14.5. The van der Waals surface area contributed by atoms with Crippen LogP contribution >= 0.6 is 0 Å². The minimum absolute atomic E-state index is 0.0918. The molecule has 2 atom stereocenters. The van der Waals surface area contributed by atoms with Crippen LogP contribution < -0.4 is 10.6 Å². The Morgan fingerprint density at radius 3 is 1.45 bits per heavy atom. The number of carbonyl (C=O) groups is 2. The Morgan fingerprint density at radius 2 is 1.15 bits per heavy atom. The molecule has 0 aromatic heterocycles. The second-order valence-corrected chi connectivity index (χ2v) is 6.31. The first kappa shape index (κ1) is 15.3. The molecule has 3 rings (SSSR count). The molecule has 114 valence electrons. The average molecular weight is 280 g/mol. The molecule has 2 bridgehead atoms. The fourth-order valence-corrected chi connectivity index (χ4v) is 3.94. The molecule has 0 saturated heterocycles. The van der Waals surface area contributed by atoms with Crippen LogP contribution in [0.2, 0.25) is 0 Å². The van der Waals surface area contributed by atoms with E-state index in [0.717, 1.165) is 51.6 Å². The largest absolute Gasteiger partial charge is 0.356 e. The normalized spacial score (nSPS) is 31.9. The van der Waals surface area contributed by atoms with Gasteiger partial charge in [-0.1, -0.05) is 13.8 Å². The molecule has 3 fully saturated rings. The molecule has 0 heterocycles. The molecule has 2 N–H and O–H groups in total. The van der Waals surface area contributed by atoms with Crippen LogP contribution in [0, 0.1) is 23.7 Å². The zero-order valence-electron chi connectivity index (χ0n) is 12.8. The number of amides is 2. The van der Waals surface area contributed by atoms with Crippen molar-refractivity contribution >= 4 is 11.8 Å². The van der Waals surface area contributed by atoms with Crippen LogP contribution in [0.15, 0.2) is 0 Å². The molecular formula is C16H28N2O2. The second kappa shape index (κ2) is 7.09. The van der Waals surface area contributed by atoms with Gasteiger partial charge in [-0.3, -0.25) is 9.59 Å². The maximum Gasteiger partial charge on any atom is 0.224 e. The third kappa shape index (κ3) is 3.15. The number of hydrogen-bond acceptors (Lipinski definition) is 2. The number of hydrogen-bond donors (Lipinski definition) is 2. The molecule has 3 aliphatic carbocycles. The second-order valence-electron chi connectivity index (χ2n) is 6.31. The quantitative estimate of drug-likeness (QED) is 0.782. The number of nitrogens with one attached hydrogen (secondary N) is 2. The molecule has 0 unspecified atom stereocenters. The van der Waals surface area contributed by atoms with E-state index in [1.54, 1.807) is 0 Å². The summed E-state index contributed by atoms with van der Waals surface area (Å²) in [5, 5.41) is 6.02. The van der Waals surface area contributed by atoms with E-state index in [4.69, 9.17) is 0 Å². The monoisotopic (exact) mass is 280 g/mol. The van der Waals surface area contributed by atoms with E-state index < -0.39 is 0 Å². The first-order valence-corrected chi connectivity index (χ1v) is 8.24. The van der Waals surface area contributed by atoms with E-state index in [1.165, 1.54) is 0 Å². The Balaban J connectivity index is 2.08. The van der Waals surface area contributed by atoms with Crippen molar-refractivity contribution in [2.75, 3.05) is 13.1 Å². The van der Waals surface area contributed by atoms with E-state index in [-0.39, 0.29) is 23.7 Å². The van der Waals surface area contributed by atoms with Gasteiger partial charge in [0.25, 0.3) is 0 Å². The maximum atomic E-state index is 12.4. The van der Waals surface area contributed by atoms with E-state index >= 15 is 0 Å². The van der Waals surface area contributed by atoms with Crippen LogP contribution in [0.1, 0.15) is 52.4 Å². The molecule has 2 amide bonds. The molecule has 4 heteroatoms. The molecule has 3 aliphatic rings. The predicted molar refractivity (Wildman–Crippen MR) is 79.0 cm³/mol. The summed E-state index contributed by atoms with van der Waals surface area (Å²) in [5.74, 6) is 0.857. The standard InChI is InChI=1S/C16H28N2O2/c1-3-9-17-15(19)13-11-5-7-12(8-6-11)14(13)16(20)18-10-4-2/h11-14H,3-10H2,1-2H3,(H,17,19)(H,18,20)/t11?,12?,13-,14-/m0/s1. The van der Waals surface area contributed by atoms with Gasteiger partial charge in [0, 0.05) is 13.1 Å². The van der Waals surface area contributed by atoms with E-state index in [9.17, 15) is 9.59 Å². The lowest BCUT2D eigenvalue weighted by atomic mass is 9.58. The maximum absolute atomic E-state index is 12.4. The molecule has 0 aliphatic heterocycles. The van der Waals surface area contributed by atoms with Gasteiger partial charge >= 0.3 is 0 Å². The van der Waals surface area contributed by atoms with Gasteiger partial charge in [0.2, 0.25) is 11.8 Å². The summed E-state index contributed by atoms with van der Waals surface area (Å²) >= 11 is 0. The lowest BCUT2D eigenvalue weighted by molar-refractivity contribution is -0.145. The summed E-state index contributed by atoms with van der Waals surface area (Å²) in [6.07, 6.45) is 6.36. The molecule has 20 heavy (non-hydrogen) atoms. The molecule has 4 nitrogen and oxygen atoms in total. The fraction of sp³-hybridized carbons (Fsp3) is 0.875. The zero-order valence-corrected chi connectivity index (χ0v) is 12.8. The van der Waals surface area contributed by atoms with Gasteiger partial charge in [0.1, 0.15) is 0 Å². The highest BCUT2D eigenvalue weighted by Crippen LogP contribution is 2.49. The van der Waals surface area contributed by atoms with E-state index in [0.29, 0.717) is 11.8 Å². The Hall–Kier alpha value is -1.06. The molecule has 0 spiro atoms. The Labute approximate surface area is 122 Å². The Bertz CT molecular complexity index is 314. The smallest absolute Gasteiger partial charge is 0.224 e. The van der Waals surface area contributed by atoms with Gasteiger partial charge in [-0.25, -0.2) is 0 Å². The van der Waals surface area contributed by atoms with Crippen LogP contribution in [0.3, 0.4) is 0 Å². The third-order valence-electron chi connectivity index (χ3n) is 4.92. The van der Waals surface area contributed by atoms with Crippen molar-refractivity contribution < 1.29 is 9.59 Å². The molecule has 3 saturated carbocycles. The summed E-state index contributed by atoms with van der Waals surface area (Å²) in [4.78, 5) is 24.9. The summed E-state index contributed by atoms with van der Waals surface area (Å²) in [7, 11) is 0. The van der Waals surface area contributed by atoms with Crippen molar-refractivity contribution in [2.24, 2.45) is 23.7 Å². The van der Waals surface area contributed by atoms with Gasteiger partial charge < -0.3 is 10.6 Å². The van der Waals surface area contributed by atoms with Crippen LogP contribution in [0.25, 0.3) is 0 Å². The van der Waals surface area contributed by atoms with Crippen molar-refractivity contribution in [3.8, 4) is 0 Å². The highest BCUT2D eigenvalue weighted by atomic mass is 16.2. The van der Waals surface area contributed by atoms with Crippen LogP contribution in [0.4, 0.5) is 0 Å². The average Bonchev–Trinajstić information content (AvgIpc) is 2.50. The Morgan fingerprint density at radius 1 is 0.800 bits per heavy atom. The van der Waals surface area contributed by atoms with Crippen molar-refractivity contribution in [3.63, 3.8) is 0 Å². The van der Waals surface area contributed by atoms with Gasteiger partial charge in [-0.2, -0.15) is 0 Å². The van der Waals surface area contributed by atoms with Crippen LogP contribution in [0.5, 0.6) is 0 Å². The summed E-state index contributed by atoms with van der Waals surface area (Å²) in [6.45, 7) is 5.55. The van der Waals surface area contributed by atoms with Crippen molar-refractivity contribution in [3.05, 3.63) is 0 Å². The minimum Gasteiger partial charge on any atom is -0.356 e. The number of rotatable bonds is 6. The molecule has 0 aromatic carbocycles. The first-order valence-electron chi connectivity index (χ1n) is 8.24. The molecular weight excluding hydrogens is 252 g/mol. The lowest BCUT2D eigenvalue weighted by Crippen LogP contribution is -2.53. The predicted octanol–water partition coefficient (Wildman–Crippen LogP) is 2.09. The van der Waals surface area contributed by atoms with Gasteiger partial charge in [-0.05, 0) is 50.4 Å². The fourth-order valence-electron chi connectivity index (χ4n) is 3.94. The van der Waals surface area contributed by atoms with Crippen molar-refractivity contribution in [1.29, 1.82) is 0 Å². The van der Waals surface area contributed by atoms with Gasteiger partial charge in [0.15, 0.2) is 0 Å². The summed E-state index contributed by atoms with van der Waals surface area (Å²) in [5.41, 5.74) is 0. The summed E-state index contributed by atoms with van der Waals surface area (Å²) < 4.78 is 0. The van der Waals surface area contributed by atoms with Gasteiger partial charge in [0.05, 0.1) is 11.8 Å². The highest BCUT2D eigenvalue weighted by molar-refractivity contribution is 5.88. The van der Waals surface area contributed by atoms with Crippen molar-refractivity contribution in [1.82, 2.24) is 10.6 Å². The highest BCUT2D eigenvalue weighted by Gasteiger charge is 2.49. The minimum atomic E-state index is -0.0918.